The van der Waals surface area contributed by atoms with Gasteiger partial charge in [-0.15, -0.1) is 0 Å². The van der Waals surface area contributed by atoms with Crippen LogP contribution in [-0.4, -0.2) is 82.7 Å². The van der Waals surface area contributed by atoms with Crippen molar-refractivity contribution in [2.24, 2.45) is 5.92 Å². The van der Waals surface area contributed by atoms with Crippen molar-refractivity contribution >= 4 is 51.3 Å². The fourth-order valence-corrected chi connectivity index (χ4v) is 7.39. The van der Waals surface area contributed by atoms with E-state index in [0.29, 0.717) is 13.0 Å². The number of hydrogen-bond acceptors (Lipinski definition) is 5. The molecule has 0 saturated heterocycles. The number of carbonyl (C=O) groups excluding carboxylic acids is 5. The molecule has 1 aliphatic carbocycles. The van der Waals surface area contributed by atoms with E-state index in [0.717, 1.165) is 70.6 Å². The summed E-state index contributed by atoms with van der Waals surface area (Å²) in [6, 6.07) is 22.2. The first-order valence-electron chi connectivity index (χ1n) is 19.2. The van der Waals surface area contributed by atoms with Crippen LogP contribution in [-0.2, 0) is 43.2 Å². The summed E-state index contributed by atoms with van der Waals surface area (Å²) >= 11 is 0. The van der Waals surface area contributed by atoms with Crippen LogP contribution < -0.4 is 21.3 Å². The highest BCUT2D eigenvalue weighted by Gasteiger charge is 2.31. The average molecular weight is 746 g/mol. The number of amides is 5. The van der Waals surface area contributed by atoms with Crippen LogP contribution in [0.5, 0.6) is 0 Å². The Kier molecular flexibility index (Phi) is 13.0. The summed E-state index contributed by atoms with van der Waals surface area (Å²) in [5.74, 6) is -2.11. The van der Waals surface area contributed by atoms with E-state index < -0.39 is 35.8 Å². The number of carbonyl (C=O) groups is 5. The van der Waals surface area contributed by atoms with Crippen molar-refractivity contribution in [3.63, 3.8) is 0 Å². The summed E-state index contributed by atoms with van der Waals surface area (Å²) in [5.41, 5.74) is 4.68. The third-order valence-corrected chi connectivity index (χ3v) is 10.6. The summed E-state index contributed by atoms with van der Waals surface area (Å²) in [5, 5.41) is 13.2. The Hall–Kier alpha value is -5.91. The Morgan fingerprint density at radius 2 is 1.31 bits per heavy atom. The molecule has 0 radical (unpaired) electrons. The largest absolute Gasteiger partial charge is 0.361 e. The number of hydrogen-bond donors (Lipinski definition) is 6. The van der Waals surface area contributed by atoms with Gasteiger partial charge < -0.3 is 36.1 Å². The number of H-pyrrole nitrogens is 2. The Labute approximate surface area is 321 Å². The number of aromatic amines is 2. The van der Waals surface area contributed by atoms with Crippen LogP contribution in [0.15, 0.2) is 91.3 Å². The molecule has 0 unspecified atom stereocenters. The molecule has 2 heterocycles. The van der Waals surface area contributed by atoms with Crippen LogP contribution in [0.4, 0.5) is 0 Å². The smallest absolute Gasteiger partial charge is 0.245 e. The van der Waals surface area contributed by atoms with Crippen LogP contribution in [0, 0.1) is 5.92 Å². The second-order valence-corrected chi connectivity index (χ2v) is 14.6. The molecular weight excluding hydrogens is 695 g/mol. The Morgan fingerprint density at radius 3 is 2.00 bits per heavy atom. The highest BCUT2D eigenvalue weighted by molar-refractivity contribution is 5.95. The molecule has 1 saturated carbocycles. The molecule has 0 aliphatic heterocycles. The third kappa shape index (κ3) is 10.2. The Bertz CT molecular complexity index is 2100. The van der Waals surface area contributed by atoms with Crippen LogP contribution >= 0.6 is 0 Å². The van der Waals surface area contributed by atoms with Gasteiger partial charge in [0, 0.05) is 66.6 Å². The zero-order valence-corrected chi connectivity index (χ0v) is 31.5. The van der Waals surface area contributed by atoms with Crippen LogP contribution in [0.3, 0.4) is 0 Å². The molecule has 55 heavy (non-hydrogen) atoms. The van der Waals surface area contributed by atoms with Gasteiger partial charge in [-0.25, -0.2) is 0 Å². The predicted molar refractivity (Wildman–Crippen MR) is 213 cm³/mol. The maximum atomic E-state index is 14.3. The third-order valence-electron chi connectivity index (χ3n) is 10.6. The molecule has 1 aliphatic rings. The van der Waals surface area contributed by atoms with Gasteiger partial charge in [-0.2, -0.15) is 0 Å². The quantitative estimate of drug-likeness (QED) is 0.0884. The first-order valence-corrected chi connectivity index (χ1v) is 19.2. The van der Waals surface area contributed by atoms with Crippen molar-refractivity contribution in [3.8, 4) is 0 Å². The van der Waals surface area contributed by atoms with Gasteiger partial charge in [-0.05, 0) is 55.0 Å². The summed E-state index contributed by atoms with van der Waals surface area (Å²) in [7, 11) is 1.73. The second-order valence-electron chi connectivity index (χ2n) is 14.6. The summed E-state index contributed by atoms with van der Waals surface area (Å²) in [4.78, 5) is 75.5. The zero-order valence-electron chi connectivity index (χ0n) is 31.5. The molecule has 5 amide bonds. The lowest BCUT2D eigenvalue weighted by molar-refractivity contribution is -0.136. The van der Waals surface area contributed by atoms with Crippen molar-refractivity contribution in [3.05, 3.63) is 108 Å². The number of likely N-dealkylation sites (N-methyl/N-ethyl adjacent to an activating group) is 1. The maximum absolute atomic E-state index is 14.3. The molecule has 288 valence electrons. The minimum Gasteiger partial charge on any atom is -0.361 e. The Balaban J connectivity index is 1.15. The first-order chi connectivity index (χ1) is 26.7. The van der Waals surface area contributed by atoms with E-state index in [-0.39, 0.29) is 37.1 Å². The van der Waals surface area contributed by atoms with Gasteiger partial charge in [-0.1, -0.05) is 86.0 Å². The molecule has 3 atom stereocenters. The van der Waals surface area contributed by atoms with E-state index in [4.69, 9.17) is 0 Å². The topological polar surface area (TPSA) is 168 Å². The molecule has 2 aromatic heterocycles. The first kappa shape index (κ1) is 38.8. The van der Waals surface area contributed by atoms with Gasteiger partial charge in [0.15, 0.2) is 0 Å². The van der Waals surface area contributed by atoms with E-state index in [9.17, 15) is 24.0 Å². The summed E-state index contributed by atoms with van der Waals surface area (Å²) in [6.07, 6.45) is 9.49. The van der Waals surface area contributed by atoms with E-state index in [1.165, 1.54) is 6.92 Å². The van der Waals surface area contributed by atoms with Crippen molar-refractivity contribution in [1.29, 1.82) is 0 Å². The van der Waals surface area contributed by atoms with Crippen molar-refractivity contribution in [1.82, 2.24) is 36.1 Å². The van der Waals surface area contributed by atoms with Gasteiger partial charge in [0.2, 0.25) is 29.5 Å². The molecule has 6 rings (SSSR count). The number of aromatic nitrogens is 2. The van der Waals surface area contributed by atoms with Crippen LogP contribution in [0.25, 0.3) is 21.8 Å². The average Bonchev–Trinajstić information content (AvgIpc) is 3.82. The number of para-hydroxylation sites is 2. The van der Waals surface area contributed by atoms with E-state index >= 15 is 0 Å². The number of nitrogens with zero attached hydrogens (tertiary/aromatic N) is 1. The fourth-order valence-electron chi connectivity index (χ4n) is 7.39. The normalized spacial score (nSPS) is 14.8. The fraction of sp³-hybridized carbons (Fsp3) is 0.372. The number of nitrogens with one attached hydrogen (secondary N) is 6. The molecule has 12 heteroatoms. The lowest BCUT2D eigenvalue weighted by Gasteiger charge is -2.27. The van der Waals surface area contributed by atoms with E-state index in [1.54, 1.807) is 11.9 Å². The van der Waals surface area contributed by atoms with Gasteiger partial charge in [0.25, 0.3) is 0 Å². The Morgan fingerprint density at radius 1 is 0.709 bits per heavy atom. The van der Waals surface area contributed by atoms with Gasteiger partial charge >= 0.3 is 0 Å². The van der Waals surface area contributed by atoms with E-state index in [1.807, 2.05) is 91.3 Å². The molecule has 3 aromatic carbocycles. The lowest BCUT2D eigenvalue weighted by atomic mass is 9.89. The SMILES string of the molecule is C[C@H](NC(=O)CNC(=O)C1CCCCC1)C(=O)N[C@H](Cc1c[nH]c2ccccc12)C(=O)N[C@@H](Cc1ccccc1)C(=O)N(C)CCc1c[nH]c2ccccc12. The minimum absolute atomic E-state index is 0.0945. The minimum atomic E-state index is -1.08. The number of fused-ring (bicyclic) bond motifs is 2. The number of rotatable bonds is 16. The summed E-state index contributed by atoms with van der Waals surface area (Å²) < 4.78 is 0. The van der Waals surface area contributed by atoms with Crippen molar-refractivity contribution in [2.45, 2.75) is 76.4 Å². The van der Waals surface area contributed by atoms with Gasteiger partial charge in [0.05, 0.1) is 6.54 Å². The summed E-state index contributed by atoms with van der Waals surface area (Å²) in [6.45, 7) is 1.71. The standard InChI is InChI=1S/C43H51N7O5/c1-28(47-39(51)27-46-41(53)30-15-7-4-8-16-30)40(52)48-37(24-32-26-45-36-20-12-10-18-34(32)36)42(54)49-38(23-29-13-5-3-6-14-29)43(55)50(2)22-21-31-25-44-35-19-11-9-17-33(31)35/h3,5-6,9-14,17-20,25-26,28,30,37-38,44-45H,4,7-8,15-16,21-24,27H2,1-2H3,(H,46,53)(H,47,51)(H,48,52)(H,49,54)/t28-,37+,38-/m0/s1. The maximum Gasteiger partial charge on any atom is 0.245 e. The van der Waals surface area contributed by atoms with Crippen molar-refractivity contribution in [2.75, 3.05) is 20.1 Å². The molecule has 5 aromatic rings. The second kappa shape index (κ2) is 18.4. The van der Waals surface area contributed by atoms with Crippen molar-refractivity contribution < 1.29 is 24.0 Å². The molecular formula is C43H51N7O5. The molecule has 6 N–H and O–H groups in total. The monoisotopic (exact) mass is 745 g/mol. The molecule has 0 spiro atoms. The molecule has 12 nitrogen and oxygen atoms in total. The zero-order chi connectivity index (χ0) is 38.7. The lowest BCUT2D eigenvalue weighted by Crippen LogP contribution is -2.57. The van der Waals surface area contributed by atoms with Gasteiger partial charge in [0.1, 0.15) is 18.1 Å². The van der Waals surface area contributed by atoms with E-state index in [2.05, 4.69) is 31.2 Å². The van der Waals surface area contributed by atoms with Crippen LogP contribution in [0.2, 0.25) is 0 Å². The van der Waals surface area contributed by atoms with Gasteiger partial charge in [-0.3, -0.25) is 24.0 Å². The highest BCUT2D eigenvalue weighted by atomic mass is 16.2. The molecule has 1 fully saturated rings. The van der Waals surface area contributed by atoms with Crippen LogP contribution in [0.1, 0.15) is 55.7 Å². The molecule has 0 bridgehead atoms. The number of benzene rings is 3. The predicted octanol–water partition coefficient (Wildman–Crippen LogP) is 4.31. The highest BCUT2D eigenvalue weighted by Crippen LogP contribution is 2.24.